The molecule has 1 aliphatic heterocycles. The second-order valence-electron chi connectivity index (χ2n) is 6.50. The first-order valence-electron chi connectivity index (χ1n) is 8.18. The molecule has 1 amide bonds. The number of nitrogens with one attached hydrogen (secondary N) is 1. The summed E-state index contributed by atoms with van der Waals surface area (Å²) >= 11 is 0. The van der Waals surface area contributed by atoms with E-state index in [1.54, 1.807) is 18.5 Å². The molecule has 0 aromatic carbocycles. The second kappa shape index (κ2) is 6.60. The topological polar surface area (TPSA) is 78.4 Å². The van der Waals surface area contributed by atoms with Crippen LogP contribution in [0, 0.1) is 5.92 Å². The fourth-order valence-corrected chi connectivity index (χ4v) is 3.39. The lowest BCUT2D eigenvalue weighted by atomic mass is 9.88. The summed E-state index contributed by atoms with van der Waals surface area (Å²) in [6.07, 6.45) is 9.50. The van der Waals surface area contributed by atoms with Crippen LogP contribution in [0.25, 0.3) is 0 Å². The van der Waals surface area contributed by atoms with Crippen LogP contribution < -0.4 is 10.2 Å². The quantitative estimate of drug-likeness (QED) is 0.871. The first-order chi connectivity index (χ1) is 10.7. The van der Waals surface area contributed by atoms with Gasteiger partial charge in [-0.3, -0.25) is 4.79 Å². The van der Waals surface area contributed by atoms with Crippen molar-refractivity contribution in [1.82, 2.24) is 15.3 Å². The molecule has 0 unspecified atom stereocenters. The lowest BCUT2D eigenvalue weighted by Gasteiger charge is -2.26. The minimum absolute atomic E-state index is 0.0996. The van der Waals surface area contributed by atoms with Crippen LogP contribution in [0.2, 0.25) is 0 Å². The highest BCUT2D eigenvalue weighted by Crippen LogP contribution is 2.26. The maximum Gasteiger partial charge on any atom is 0.225 e. The summed E-state index contributed by atoms with van der Waals surface area (Å²) in [6.45, 7) is 1.48. The fourth-order valence-electron chi connectivity index (χ4n) is 3.39. The van der Waals surface area contributed by atoms with Crippen molar-refractivity contribution in [2.45, 2.75) is 44.1 Å². The van der Waals surface area contributed by atoms with Crippen LogP contribution in [0.5, 0.6) is 0 Å². The number of carbonyl (C=O) groups excluding carboxylic acids is 1. The van der Waals surface area contributed by atoms with Gasteiger partial charge in [0, 0.05) is 31.4 Å². The van der Waals surface area contributed by atoms with Crippen LogP contribution in [-0.4, -0.2) is 46.2 Å². The molecule has 2 heterocycles. The first kappa shape index (κ1) is 15.2. The molecule has 2 aliphatic rings. The molecule has 0 radical (unpaired) electrons. The van der Waals surface area contributed by atoms with Crippen molar-refractivity contribution in [3.8, 4) is 0 Å². The number of hydrogen-bond donors (Lipinski definition) is 2. The fraction of sp³-hybridized carbons (Fsp3) is 0.688. The molecule has 2 N–H and O–H groups in total. The predicted molar refractivity (Wildman–Crippen MR) is 83.4 cm³/mol. The van der Waals surface area contributed by atoms with Crippen molar-refractivity contribution in [2.24, 2.45) is 5.92 Å². The predicted octanol–water partition coefficient (Wildman–Crippen LogP) is 1.11. The molecule has 120 valence electrons. The van der Waals surface area contributed by atoms with Gasteiger partial charge >= 0.3 is 0 Å². The molecule has 2 fully saturated rings. The third kappa shape index (κ3) is 3.55. The van der Waals surface area contributed by atoms with Crippen molar-refractivity contribution >= 4 is 11.9 Å². The average molecular weight is 304 g/mol. The minimum atomic E-state index is -0.885. The van der Waals surface area contributed by atoms with Gasteiger partial charge in [0.15, 0.2) is 0 Å². The van der Waals surface area contributed by atoms with Gasteiger partial charge in [-0.25, -0.2) is 9.97 Å². The van der Waals surface area contributed by atoms with E-state index in [9.17, 15) is 9.90 Å². The highest BCUT2D eigenvalue weighted by molar-refractivity contribution is 5.78. The van der Waals surface area contributed by atoms with E-state index >= 15 is 0 Å². The van der Waals surface area contributed by atoms with E-state index in [1.165, 1.54) is 6.42 Å². The van der Waals surface area contributed by atoms with E-state index in [4.69, 9.17) is 0 Å². The Hall–Kier alpha value is -1.69. The zero-order chi connectivity index (χ0) is 15.4. The number of aliphatic hydroxyl groups is 1. The second-order valence-corrected chi connectivity index (χ2v) is 6.50. The molecule has 3 rings (SSSR count). The zero-order valence-corrected chi connectivity index (χ0v) is 12.9. The van der Waals surface area contributed by atoms with Gasteiger partial charge in [0.2, 0.25) is 11.9 Å². The average Bonchev–Trinajstić information content (AvgIpc) is 2.97. The van der Waals surface area contributed by atoms with E-state index in [2.05, 4.69) is 15.3 Å². The summed E-state index contributed by atoms with van der Waals surface area (Å²) in [6, 6.07) is 1.77. The highest BCUT2D eigenvalue weighted by Gasteiger charge is 2.37. The van der Waals surface area contributed by atoms with Crippen LogP contribution in [0.15, 0.2) is 18.5 Å². The minimum Gasteiger partial charge on any atom is -0.386 e. The van der Waals surface area contributed by atoms with E-state index in [0.717, 1.165) is 25.7 Å². The number of amides is 1. The number of β-amino-alcohol motifs (C(OH)–C–C–N with tert-alkyl or cyclic N) is 1. The lowest BCUT2D eigenvalue weighted by molar-refractivity contribution is -0.127. The number of aromatic nitrogens is 2. The van der Waals surface area contributed by atoms with Crippen molar-refractivity contribution in [3.05, 3.63) is 18.5 Å². The Labute approximate surface area is 131 Å². The summed E-state index contributed by atoms with van der Waals surface area (Å²) in [7, 11) is 0. The highest BCUT2D eigenvalue weighted by atomic mass is 16.3. The Kier molecular flexibility index (Phi) is 4.57. The molecule has 6 heteroatoms. The number of hydrogen-bond acceptors (Lipinski definition) is 5. The third-order valence-corrected chi connectivity index (χ3v) is 4.73. The normalized spacial score (nSPS) is 26.1. The Morgan fingerprint density at radius 1 is 1.32 bits per heavy atom. The maximum atomic E-state index is 12.2. The van der Waals surface area contributed by atoms with E-state index < -0.39 is 5.60 Å². The zero-order valence-electron chi connectivity index (χ0n) is 12.9. The van der Waals surface area contributed by atoms with Gasteiger partial charge in [-0.15, -0.1) is 0 Å². The van der Waals surface area contributed by atoms with Gasteiger partial charge in [0.25, 0.3) is 0 Å². The van der Waals surface area contributed by atoms with Crippen LogP contribution in [0.3, 0.4) is 0 Å². The molecule has 1 aliphatic carbocycles. The monoisotopic (exact) mass is 304 g/mol. The molecule has 1 aromatic heterocycles. The number of carbonyl (C=O) groups is 1. The van der Waals surface area contributed by atoms with E-state index in [-0.39, 0.29) is 11.8 Å². The van der Waals surface area contributed by atoms with Gasteiger partial charge in [-0.2, -0.15) is 0 Å². The smallest absolute Gasteiger partial charge is 0.225 e. The Morgan fingerprint density at radius 2 is 2.05 bits per heavy atom. The van der Waals surface area contributed by atoms with E-state index in [0.29, 0.717) is 32.0 Å². The van der Waals surface area contributed by atoms with Gasteiger partial charge in [0.05, 0.1) is 6.54 Å². The summed E-state index contributed by atoms with van der Waals surface area (Å²) in [5.41, 5.74) is -0.885. The molecule has 0 bridgehead atoms. The Bertz CT molecular complexity index is 504. The van der Waals surface area contributed by atoms with E-state index in [1.807, 2.05) is 4.90 Å². The Balaban J connectivity index is 1.51. The van der Waals surface area contributed by atoms with Gasteiger partial charge in [-0.05, 0) is 25.3 Å². The SMILES string of the molecule is O=C(NC[C@@]1(O)CCN(c2ncccn2)C1)C1CCCCC1. The lowest BCUT2D eigenvalue weighted by Crippen LogP contribution is -2.46. The van der Waals surface area contributed by atoms with Gasteiger partial charge < -0.3 is 15.3 Å². The van der Waals surface area contributed by atoms with Crippen LogP contribution >= 0.6 is 0 Å². The molecule has 1 saturated heterocycles. The van der Waals surface area contributed by atoms with Crippen molar-refractivity contribution in [1.29, 1.82) is 0 Å². The molecule has 1 atom stereocenters. The molecule has 1 saturated carbocycles. The van der Waals surface area contributed by atoms with Crippen LogP contribution in [-0.2, 0) is 4.79 Å². The van der Waals surface area contributed by atoms with Crippen LogP contribution in [0.1, 0.15) is 38.5 Å². The molecule has 1 aromatic rings. The molecule has 6 nitrogen and oxygen atoms in total. The molecular weight excluding hydrogens is 280 g/mol. The molecular formula is C16H24N4O2. The maximum absolute atomic E-state index is 12.2. The van der Waals surface area contributed by atoms with Crippen molar-refractivity contribution < 1.29 is 9.90 Å². The summed E-state index contributed by atoms with van der Waals surface area (Å²) in [4.78, 5) is 22.6. The number of rotatable bonds is 4. The Morgan fingerprint density at radius 3 is 2.77 bits per heavy atom. The van der Waals surface area contributed by atoms with Gasteiger partial charge in [0.1, 0.15) is 5.60 Å². The largest absolute Gasteiger partial charge is 0.386 e. The summed E-state index contributed by atoms with van der Waals surface area (Å²) in [5, 5.41) is 13.6. The van der Waals surface area contributed by atoms with Crippen molar-refractivity contribution in [2.75, 3.05) is 24.5 Å². The summed E-state index contributed by atoms with van der Waals surface area (Å²) < 4.78 is 0. The molecule has 0 spiro atoms. The van der Waals surface area contributed by atoms with Crippen molar-refractivity contribution in [3.63, 3.8) is 0 Å². The first-order valence-corrected chi connectivity index (χ1v) is 8.18. The number of nitrogens with zero attached hydrogens (tertiary/aromatic N) is 3. The molecule has 22 heavy (non-hydrogen) atoms. The summed E-state index contributed by atoms with van der Waals surface area (Å²) in [5.74, 6) is 0.867. The third-order valence-electron chi connectivity index (χ3n) is 4.73. The van der Waals surface area contributed by atoms with Crippen LogP contribution in [0.4, 0.5) is 5.95 Å². The van der Waals surface area contributed by atoms with Gasteiger partial charge in [-0.1, -0.05) is 19.3 Å². The number of anilines is 1. The standard InChI is InChI=1S/C16H24N4O2/c21-14(13-5-2-1-3-6-13)19-11-16(22)7-10-20(12-16)15-17-8-4-9-18-15/h4,8-9,13,22H,1-3,5-7,10-12H2,(H,19,21)/t16-/m0/s1.